The van der Waals surface area contributed by atoms with Gasteiger partial charge in [0.05, 0.1) is 12.0 Å². The molecule has 0 aliphatic carbocycles. The first-order valence-electron chi connectivity index (χ1n) is 10.6. The highest BCUT2D eigenvalue weighted by Gasteiger charge is 2.40. The Balaban J connectivity index is 2.01. The van der Waals surface area contributed by atoms with Crippen LogP contribution in [-0.4, -0.2) is 61.6 Å². The van der Waals surface area contributed by atoms with Crippen LogP contribution >= 0.6 is 0 Å². The van der Waals surface area contributed by atoms with Crippen LogP contribution in [0.5, 0.6) is 5.75 Å². The molecule has 2 aromatic carbocycles. The first-order valence-corrected chi connectivity index (χ1v) is 14.2. The van der Waals surface area contributed by atoms with Crippen molar-refractivity contribution >= 4 is 25.5 Å². The molecule has 2 aromatic rings. The van der Waals surface area contributed by atoms with Crippen molar-refractivity contribution in [3.63, 3.8) is 0 Å². The number of benzene rings is 2. The molecule has 0 aliphatic rings. The number of sulfonamides is 1. The van der Waals surface area contributed by atoms with Crippen molar-refractivity contribution in [1.82, 2.24) is 10.6 Å². The number of anilines is 1. The summed E-state index contributed by atoms with van der Waals surface area (Å²) in [5.41, 5.74) is 7.49. The maximum atomic E-state index is 13.2. The Morgan fingerprint density at radius 3 is 2.24 bits per heavy atom. The molecule has 2 rings (SSSR count). The van der Waals surface area contributed by atoms with Crippen LogP contribution in [0.2, 0.25) is 0 Å². The highest BCUT2D eigenvalue weighted by Crippen LogP contribution is 2.26. The standard InChI is InChI=1S/C22H34N4O5S2/c1-18(31-21-12-10-20(11-13-21)26-32(3,27)28)16-25-17-22(23,19-8-5-4-6-9-19)33(29,30)15-7-14-24-2/h4-6,8-13,18,24-26H,7,14-17,23H2,1-3H3. The molecule has 184 valence electrons. The van der Waals surface area contributed by atoms with Gasteiger partial charge < -0.3 is 21.1 Å². The van der Waals surface area contributed by atoms with E-state index >= 15 is 0 Å². The van der Waals surface area contributed by atoms with Crippen LogP contribution < -0.4 is 25.8 Å². The molecule has 0 aromatic heterocycles. The molecule has 9 nitrogen and oxygen atoms in total. The molecule has 0 aliphatic heterocycles. The molecule has 0 heterocycles. The fourth-order valence-corrected chi connectivity index (χ4v) is 5.55. The number of ether oxygens (including phenoxy) is 1. The summed E-state index contributed by atoms with van der Waals surface area (Å²) in [6.45, 7) is 2.82. The fraction of sp³-hybridized carbons (Fsp3) is 0.455. The summed E-state index contributed by atoms with van der Waals surface area (Å²) < 4.78 is 57.1. The Morgan fingerprint density at radius 1 is 1.03 bits per heavy atom. The van der Waals surface area contributed by atoms with Gasteiger partial charge in [-0.15, -0.1) is 0 Å². The van der Waals surface area contributed by atoms with Gasteiger partial charge in [-0.1, -0.05) is 30.3 Å². The molecular weight excluding hydrogens is 464 g/mol. The summed E-state index contributed by atoms with van der Waals surface area (Å²) in [5.74, 6) is 0.533. The third-order valence-electron chi connectivity index (χ3n) is 4.97. The Kier molecular flexibility index (Phi) is 9.68. The third kappa shape index (κ3) is 8.27. The van der Waals surface area contributed by atoms with E-state index in [9.17, 15) is 16.8 Å². The van der Waals surface area contributed by atoms with E-state index in [0.717, 1.165) is 6.26 Å². The van der Waals surface area contributed by atoms with Crippen molar-refractivity contribution in [2.45, 2.75) is 24.3 Å². The monoisotopic (exact) mass is 498 g/mol. The van der Waals surface area contributed by atoms with Gasteiger partial charge in [0.1, 0.15) is 11.9 Å². The van der Waals surface area contributed by atoms with Gasteiger partial charge in [0, 0.05) is 18.8 Å². The largest absolute Gasteiger partial charge is 0.489 e. The maximum Gasteiger partial charge on any atom is 0.229 e. The zero-order valence-corrected chi connectivity index (χ0v) is 20.9. The predicted molar refractivity (Wildman–Crippen MR) is 133 cm³/mol. The fourth-order valence-electron chi connectivity index (χ4n) is 3.28. The average Bonchev–Trinajstić information content (AvgIpc) is 2.74. The highest BCUT2D eigenvalue weighted by atomic mass is 32.2. The lowest BCUT2D eigenvalue weighted by molar-refractivity contribution is 0.215. The van der Waals surface area contributed by atoms with Crippen molar-refractivity contribution in [2.24, 2.45) is 5.73 Å². The third-order valence-corrected chi connectivity index (χ3v) is 7.89. The van der Waals surface area contributed by atoms with Gasteiger partial charge in [-0.05, 0) is 56.8 Å². The number of nitrogens with two attached hydrogens (primary N) is 1. The number of rotatable bonds is 14. The number of sulfone groups is 1. The minimum Gasteiger partial charge on any atom is -0.489 e. The van der Waals surface area contributed by atoms with Crippen LogP contribution in [0.4, 0.5) is 5.69 Å². The Hall–Kier alpha value is -2.18. The van der Waals surface area contributed by atoms with Crippen LogP contribution in [0.1, 0.15) is 18.9 Å². The van der Waals surface area contributed by atoms with Crippen LogP contribution in [0.25, 0.3) is 0 Å². The molecule has 0 saturated heterocycles. The van der Waals surface area contributed by atoms with Crippen LogP contribution in [-0.2, 0) is 24.7 Å². The molecule has 0 saturated carbocycles. The number of hydrogen-bond acceptors (Lipinski definition) is 8. The minimum atomic E-state index is -3.65. The van der Waals surface area contributed by atoms with E-state index in [1.807, 2.05) is 13.0 Å². The molecule has 0 radical (unpaired) electrons. The van der Waals surface area contributed by atoms with Gasteiger partial charge in [-0.3, -0.25) is 4.72 Å². The van der Waals surface area contributed by atoms with Crippen molar-refractivity contribution in [1.29, 1.82) is 0 Å². The van der Waals surface area contributed by atoms with Gasteiger partial charge in [-0.25, -0.2) is 16.8 Å². The van der Waals surface area contributed by atoms with E-state index in [-0.39, 0.29) is 18.4 Å². The molecule has 2 atom stereocenters. The second-order valence-electron chi connectivity index (χ2n) is 7.99. The van der Waals surface area contributed by atoms with Gasteiger partial charge in [0.25, 0.3) is 0 Å². The Morgan fingerprint density at radius 2 is 1.67 bits per heavy atom. The summed E-state index contributed by atoms with van der Waals surface area (Å²) in [5, 5.41) is 6.10. The predicted octanol–water partition coefficient (Wildman–Crippen LogP) is 1.25. The van der Waals surface area contributed by atoms with E-state index in [4.69, 9.17) is 10.5 Å². The highest BCUT2D eigenvalue weighted by molar-refractivity contribution is 7.92. The first kappa shape index (κ1) is 27.1. The molecular formula is C22H34N4O5S2. The van der Waals surface area contributed by atoms with Crippen molar-refractivity contribution in [3.8, 4) is 5.75 Å². The first-order chi connectivity index (χ1) is 15.5. The van der Waals surface area contributed by atoms with Crippen molar-refractivity contribution < 1.29 is 21.6 Å². The summed E-state index contributed by atoms with van der Waals surface area (Å²) in [7, 11) is -5.22. The lowest BCUT2D eigenvalue weighted by Crippen LogP contribution is -2.54. The lowest BCUT2D eigenvalue weighted by atomic mass is 10.1. The summed E-state index contributed by atoms with van der Waals surface area (Å²) in [4.78, 5) is -1.57. The normalized spacial score (nSPS) is 14.9. The summed E-state index contributed by atoms with van der Waals surface area (Å²) in [6.07, 6.45) is 1.26. The zero-order valence-electron chi connectivity index (χ0n) is 19.2. The molecule has 0 fully saturated rings. The maximum absolute atomic E-state index is 13.2. The van der Waals surface area contributed by atoms with E-state index < -0.39 is 24.7 Å². The summed E-state index contributed by atoms with van der Waals surface area (Å²) in [6, 6.07) is 15.3. The molecule has 0 spiro atoms. The van der Waals surface area contributed by atoms with E-state index in [0.29, 0.717) is 36.5 Å². The average molecular weight is 499 g/mol. The van der Waals surface area contributed by atoms with Gasteiger partial charge >= 0.3 is 0 Å². The number of nitrogens with one attached hydrogen (secondary N) is 3. The van der Waals surface area contributed by atoms with Crippen LogP contribution in [0.3, 0.4) is 0 Å². The van der Waals surface area contributed by atoms with Gasteiger partial charge in [0.2, 0.25) is 10.0 Å². The van der Waals surface area contributed by atoms with E-state index in [2.05, 4.69) is 15.4 Å². The molecule has 2 unspecified atom stereocenters. The quantitative estimate of drug-likeness (QED) is 0.285. The molecule has 11 heteroatoms. The smallest absolute Gasteiger partial charge is 0.229 e. The second-order valence-corrected chi connectivity index (χ2v) is 12.1. The van der Waals surface area contributed by atoms with Crippen LogP contribution in [0.15, 0.2) is 54.6 Å². The Bertz CT molecular complexity index is 1080. The van der Waals surface area contributed by atoms with Gasteiger partial charge in [-0.2, -0.15) is 0 Å². The van der Waals surface area contributed by atoms with E-state index in [1.54, 1.807) is 55.6 Å². The molecule has 0 amide bonds. The molecule has 5 N–H and O–H groups in total. The zero-order chi connectivity index (χ0) is 24.5. The second kappa shape index (κ2) is 11.8. The van der Waals surface area contributed by atoms with Crippen molar-refractivity contribution in [3.05, 3.63) is 60.2 Å². The van der Waals surface area contributed by atoms with E-state index in [1.165, 1.54) is 0 Å². The van der Waals surface area contributed by atoms with Gasteiger partial charge in [0.15, 0.2) is 14.7 Å². The van der Waals surface area contributed by atoms with Crippen LogP contribution in [0, 0.1) is 0 Å². The lowest BCUT2D eigenvalue weighted by Gasteiger charge is -2.31. The minimum absolute atomic E-state index is 0.0270. The molecule has 0 bridgehead atoms. The topological polar surface area (TPSA) is 140 Å². The van der Waals surface area contributed by atoms with Crippen molar-refractivity contribution in [2.75, 3.05) is 43.4 Å². The Labute approximate surface area is 197 Å². The number of hydrogen-bond donors (Lipinski definition) is 4. The molecule has 33 heavy (non-hydrogen) atoms. The SMILES string of the molecule is CNCCCS(=O)(=O)C(N)(CNCC(C)Oc1ccc(NS(C)(=O)=O)cc1)c1ccccc1. The summed E-state index contributed by atoms with van der Waals surface area (Å²) >= 11 is 0.